The number of ether oxygens (including phenoxy) is 1. The van der Waals surface area contributed by atoms with Gasteiger partial charge in [0.25, 0.3) is 10.1 Å². The fraction of sp³-hybridized carbons (Fsp3) is 0.483. The van der Waals surface area contributed by atoms with Crippen molar-refractivity contribution in [3.8, 4) is 11.1 Å². The van der Waals surface area contributed by atoms with Crippen molar-refractivity contribution in [1.82, 2.24) is 14.5 Å². The average molecular weight is 637 g/mol. The van der Waals surface area contributed by atoms with Gasteiger partial charge in [0.05, 0.1) is 23.6 Å². The molecule has 1 aromatic heterocycles. The van der Waals surface area contributed by atoms with Crippen LogP contribution in [0.5, 0.6) is 0 Å². The number of halogens is 2. The molecule has 1 saturated heterocycles. The summed E-state index contributed by atoms with van der Waals surface area (Å²) in [7, 11) is -3.75. The smallest absolute Gasteiger partial charge is 0.410 e. The van der Waals surface area contributed by atoms with Gasteiger partial charge in [0.2, 0.25) is 0 Å². The van der Waals surface area contributed by atoms with Gasteiger partial charge in [-0.25, -0.2) is 18.4 Å². The number of rotatable bonds is 5. The zero-order valence-electron chi connectivity index (χ0n) is 24.8. The summed E-state index contributed by atoms with van der Waals surface area (Å²) in [6, 6.07) is 4.96. The van der Waals surface area contributed by atoms with E-state index >= 15 is 4.39 Å². The lowest BCUT2D eigenvalue weighted by molar-refractivity contribution is 0.0218. The second-order valence-electron chi connectivity index (χ2n) is 11.9. The predicted octanol–water partition coefficient (Wildman–Crippen LogP) is 4.55. The minimum absolute atomic E-state index is 0.117. The van der Waals surface area contributed by atoms with Crippen molar-refractivity contribution in [2.24, 2.45) is 0 Å². The lowest BCUT2D eigenvalue weighted by atomic mass is 9.97. The Kier molecular flexibility index (Phi) is 8.24. The van der Waals surface area contributed by atoms with Crippen LogP contribution in [0, 0.1) is 18.6 Å². The van der Waals surface area contributed by atoms with Gasteiger partial charge in [-0.15, -0.1) is 11.8 Å². The highest BCUT2D eigenvalue weighted by atomic mass is 32.2. The molecule has 1 amide bonds. The molecule has 0 radical (unpaired) electrons. The Labute approximate surface area is 253 Å². The molecule has 2 atom stereocenters. The van der Waals surface area contributed by atoms with Gasteiger partial charge in [0, 0.05) is 59.7 Å². The van der Waals surface area contributed by atoms with Crippen LogP contribution < -0.4 is 10.6 Å². The molecule has 1 fully saturated rings. The molecule has 0 unspecified atom stereocenters. The van der Waals surface area contributed by atoms with Crippen molar-refractivity contribution < 1.29 is 30.9 Å². The first-order valence-electron chi connectivity index (χ1n) is 13.8. The van der Waals surface area contributed by atoms with E-state index < -0.39 is 44.4 Å². The van der Waals surface area contributed by atoms with Crippen LogP contribution in [-0.4, -0.2) is 78.4 Å². The standard InChI is InChI=1S/C29H34F2N4O6S2/c1-16-11-21-24-25(23(16)20-8-7-18(30)12-22(20)31)42-19(15-40-43(6,38)39)14-35(24)27(36)32-26(21)34-10-9-33(13-17(34)2)28(37)41-29(3,4)5/h7-8,11-12,17,19H,9-10,13-15H2,1-6H3/t17-,19-/m0/s1. The second kappa shape index (κ2) is 11.4. The van der Waals surface area contributed by atoms with Crippen molar-refractivity contribution in [3.05, 3.63) is 51.9 Å². The lowest BCUT2D eigenvalue weighted by Gasteiger charge is -2.41. The number of aryl methyl sites for hydroxylation is 1. The van der Waals surface area contributed by atoms with Crippen LogP contribution in [-0.2, 0) is 25.6 Å². The fourth-order valence-corrected chi connectivity index (χ4v) is 7.42. The van der Waals surface area contributed by atoms with Gasteiger partial charge in [-0.05, 0) is 58.4 Å². The van der Waals surface area contributed by atoms with Crippen LogP contribution in [0.15, 0.2) is 34.0 Å². The summed E-state index contributed by atoms with van der Waals surface area (Å²) in [5.74, 6) is -1.04. The van der Waals surface area contributed by atoms with Crippen molar-refractivity contribution >= 4 is 44.7 Å². The highest BCUT2D eigenvalue weighted by molar-refractivity contribution is 8.00. The van der Waals surface area contributed by atoms with Gasteiger partial charge in [-0.2, -0.15) is 13.4 Å². The van der Waals surface area contributed by atoms with Crippen LogP contribution in [0.3, 0.4) is 0 Å². The normalized spacial score (nSPS) is 19.2. The number of hydrogen-bond donors (Lipinski definition) is 0. The third-order valence-corrected chi connectivity index (χ3v) is 9.10. The molecule has 5 rings (SSSR count). The largest absolute Gasteiger partial charge is 0.444 e. The molecule has 0 N–H and O–H groups in total. The number of piperazine rings is 1. The number of anilines is 1. The molecule has 2 aliphatic heterocycles. The first kappa shape index (κ1) is 31.2. The zero-order valence-corrected chi connectivity index (χ0v) is 26.4. The number of hydrogen-bond acceptors (Lipinski definition) is 9. The Morgan fingerprint density at radius 2 is 1.88 bits per heavy atom. The SMILES string of the molecule is Cc1cc2c(N3CCN(C(=O)OC(C)(C)C)C[C@@H]3C)nc(=O)n3c2c(c1-c1ccc(F)cc1F)S[C@H](COS(C)(=O)=O)C3. The molecule has 2 aromatic carbocycles. The number of amides is 1. The molecular weight excluding hydrogens is 602 g/mol. The van der Waals surface area contributed by atoms with Crippen LogP contribution in [0.25, 0.3) is 22.0 Å². The van der Waals surface area contributed by atoms with Crippen LogP contribution >= 0.6 is 11.8 Å². The van der Waals surface area contributed by atoms with E-state index in [2.05, 4.69) is 4.98 Å². The van der Waals surface area contributed by atoms with Gasteiger partial charge in [-0.3, -0.25) is 8.75 Å². The minimum Gasteiger partial charge on any atom is -0.444 e. The Hall–Kier alpha value is -3.23. The van der Waals surface area contributed by atoms with Gasteiger partial charge in [-0.1, -0.05) is 0 Å². The Morgan fingerprint density at radius 3 is 2.51 bits per heavy atom. The maximum absolute atomic E-state index is 15.2. The summed E-state index contributed by atoms with van der Waals surface area (Å²) in [5, 5.41) is 0.155. The second-order valence-corrected chi connectivity index (χ2v) is 14.9. The van der Waals surface area contributed by atoms with E-state index in [1.807, 2.05) is 38.7 Å². The van der Waals surface area contributed by atoms with E-state index in [9.17, 15) is 22.4 Å². The highest BCUT2D eigenvalue weighted by Crippen LogP contribution is 2.46. The molecule has 0 spiro atoms. The van der Waals surface area contributed by atoms with E-state index in [4.69, 9.17) is 8.92 Å². The van der Waals surface area contributed by atoms with E-state index in [-0.39, 0.29) is 24.8 Å². The quantitative estimate of drug-likeness (QED) is 0.373. The number of aromatic nitrogens is 2. The third kappa shape index (κ3) is 6.50. The maximum Gasteiger partial charge on any atom is 0.410 e. The summed E-state index contributed by atoms with van der Waals surface area (Å²) in [6.07, 6.45) is 0.534. The van der Waals surface area contributed by atoms with Gasteiger partial charge >= 0.3 is 11.8 Å². The molecule has 0 aliphatic carbocycles. The molecule has 10 nitrogen and oxygen atoms in total. The summed E-state index contributed by atoms with van der Waals surface area (Å²) in [6.45, 7) is 10.2. The van der Waals surface area contributed by atoms with E-state index in [1.165, 1.54) is 28.5 Å². The maximum atomic E-state index is 15.2. The molecular formula is C29H34F2N4O6S2. The third-order valence-electron chi connectivity index (χ3n) is 7.29. The van der Waals surface area contributed by atoms with Gasteiger partial charge in [0.1, 0.15) is 23.1 Å². The van der Waals surface area contributed by atoms with Gasteiger partial charge < -0.3 is 14.5 Å². The first-order chi connectivity index (χ1) is 20.0. The molecule has 3 aromatic rings. The van der Waals surface area contributed by atoms with Crippen molar-refractivity contribution in [2.45, 2.75) is 63.0 Å². The number of carbonyl (C=O) groups is 1. The zero-order chi connectivity index (χ0) is 31.4. The molecule has 43 heavy (non-hydrogen) atoms. The number of benzene rings is 2. The summed E-state index contributed by atoms with van der Waals surface area (Å²) in [5.41, 5.74) is 0.645. The summed E-state index contributed by atoms with van der Waals surface area (Å²) >= 11 is 1.29. The van der Waals surface area contributed by atoms with Crippen LogP contribution in [0.2, 0.25) is 0 Å². The average Bonchev–Trinajstić information content (AvgIpc) is 2.88. The predicted molar refractivity (Wildman–Crippen MR) is 161 cm³/mol. The summed E-state index contributed by atoms with van der Waals surface area (Å²) in [4.78, 5) is 35.0. The first-order valence-corrected chi connectivity index (χ1v) is 16.5. The van der Waals surface area contributed by atoms with E-state index in [0.717, 1.165) is 12.3 Å². The van der Waals surface area contributed by atoms with E-state index in [0.29, 0.717) is 52.4 Å². The van der Waals surface area contributed by atoms with Crippen LogP contribution in [0.4, 0.5) is 19.4 Å². The molecule has 232 valence electrons. The fourth-order valence-electron chi connectivity index (χ4n) is 5.51. The lowest BCUT2D eigenvalue weighted by Crippen LogP contribution is -2.55. The van der Waals surface area contributed by atoms with Gasteiger partial charge in [0.15, 0.2) is 0 Å². The molecule has 14 heteroatoms. The Morgan fingerprint density at radius 1 is 1.16 bits per heavy atom. The topological polar surface area (TPSA) is 111 Å². The van der Waals surface area contributed by atoms with E-state index in [1.54, 1.807) is 11.8 Å². The van der Waals surface area contributed by atoms with Crippen molar-refractivity contribution in [3.63, 3.8) is 0 Å². The number of nitrogens with zero attached hydrogens (tertiary/aromatic N) is 4. The molecule has 0 saturated carbocycles. The number of thioether (sulfide) groups is 1. The molecule has 3 heterocycles. The molecule has 0 bridgehead atoms. The number of carbonyl (C=O) groups excluding carboxylic acids is 1. The summed E-state index contributed by atoms with van der Waals surface area (Å²) < 4.78 is 64.6. The van der Waals surface area contributed by atoms with Crippen molar-refractivity contribution in [2.75, 3.05) is 37.4 Å². The monoisotopic (exact) mass is 636 g/mol. The minimum atomic E-state index is -3.75. The van der Waals surface area contributed by atoms with Crippen molar-refractivity contribution in [1.29, 1.82) is 0 Å². The van der Waals surface area contributed by atoms with Crippen LogP contribution in [0.1, 0.15) is 33.3 Å². The Balaban J connectivity index is 1.63. The molecule has 2 aliphatic rings. The highest BCUT2D eigenvalue weighted by Gasteiger charge is 2.35. The Bertz CT molecular complexity index is 1770.